The number of ether oxygens (including phenoxy) is 1. The van der Waals surface area contributed by atoms with Gasteiger partial charge in [0.05, 0.1) is 25.0 Å². The zero-order chi connectivity index (χ0) is 13.7. The summed E-state index contributed by atoms with van der Waals surface area (Å²) in [6.07, 6.45) is 0.692. The molecule has 0 saturated carbocycles. The number of carbonyl (C=O) groups excluding carboxylic acids is 1. The van der Waals surface area contributed by atoms with Gasteiger partial charge in [-0.1, -0.05) is 30.3 Å². The summed E-state index contributed by atoms with van der Waals surface area (Å²) < 4.78 is 4.77. The molecule has 1 heterocycles. The second-order valence-electron chi connectivity index (χ2n) is 4.87. The van der Waals surface area contributed by atoms with Crippen LogP contribution in [0.1, 0.15) is 12.0 Å². The lowest BCUT2D eigenvalue weighted by atomic mass is 9.86. The number of nitriles is 1. The molecule has 0 amide bonds. The molecule has 2 rings (SSSR count). The second-order valence-corrected chi connectivity index (χ2v) is 4.87. The van der Waals surface area contributed by atoms with Crippen molar-refractivity contribution in [1.29, 1.82) is 5.26 Å². The molecule has 1 aromatic carbocycles. The van der Waals surface area contributed by atoms with Crippen molar-refractivity contribution in [2.45, 2.75) is 13.0 Å². The van der Waals surface area contributed by atoms with Crippen LogP contribution in [-0.4, -0.2) is 31.1 Å². The summed E-state index contributed by atoms with van der Waals surface area (Å²) >= 11 is 0. The molecule has 19 heavy (non-hydrogen) atoms. The molecule has 1 saturated heterocycles. The molecule has 100 valence electrons. The van der Waals surface area contributed by atoms with Gasteiger partial charge in [-0.15, -0.1) is 0 Å². The minimum atomic E-state index is -0.276. The first kappa shape index (κ1) is 13.6. The van der Waals surface area contributed by atoms with Crippen molar-refractivity contribution in [3.8, 4) is 6.07 Å². The minimum Gasteiger partial charge on any atom is -0.469 e. The Labute approximate surface area is 113 Å². The van der Waals surface area contributed by atoms with Crippen LogP contribution in [0, 0.1) is 23.2 Å². The van der Waals surface area contributed by atoms with E-state index >= 15 is 0 Å². The Bertz CT molecular complexity index is 467. The molecule has 0 spiro atoms. The molecule has 2 unspecified atom stereocenters. The highest BCUT2D eigenvalue weighted by atomic mass is 16.5. The fourth-order valence-electron chi connectivity index (χ4n) is 2.57. The van der Waals surface area contributed by atoms with E-state index in [0.717, 1.165) is 13.1 Å². The third-order valence-corrected chi connectivity index (χ3v) is 3.62. The van der Waals surface area contributed by atoms with E-state index in [1.165, 1.54) is 12.7 Å². The van der Waals surface area contributed by atoms with E-state index in [9.17, 15) is 10.1 Å². The Balaban J connectivity index is 1.98. The van der Waals surface area contributed by atoms with Gasteiger partial charge >= 0.3 is 5.97 Å². The average molecular weight is 258 g/mol. The summed E-state index contributed by atoms with van der Waals surface area (Å²) in [6, 6.07) is 12.4. The Hall–Kier alpha value is -1.86. The highest BCUT2D eigenvalue weighted by molar-refractivity contribution is 5.73. The summed E-state index contributed by atoms with van der Waals surface area (Å²) in [5.41, 5.74) is 1.23. The van der Waals surface area contributed by atoms with Gasteiger partial charge < -0.3 is 4.74 Å². The second kappa shape index (κ2) is 6.35. The molecule has 0 bridgehead atoms. The fourth-order valence-corrected chi connectivity index (χ4v) is 2.57. The van der Waals surface area contributed by atoms with Crippen LogP contribution in [-0.2, 0) is 16.1 Å². The van der Waals surface area contributed by atoms with E-state index in [4.69, 9.17) is 4.74 Å². The topological polar surface area (TPSA) is 53.3 Å². The predicted octanol–water partition coefficient (Wildman–Crippen LogP) is 1.82. The van der Waals surface area contributed by atoms with Crippen LogP contribution in [0.2, 0.25) is 0 Å². The van der Waals surface area contributed by atoms with Gasteiger partial charge in [0.2, 0.25) is 0 Å². The first-order valence-corrected chi connectivity index (χ1v) is 6.48. The maximum atomic E-state index is 11.6. The number of piperidine rings is 1. The molecule has 0 aromatic heterocycles. The lowest BCUT2D eigenvalue weighted by Crippen LogP contribution is -2.42. The molecule has 1 aromatic rings. The molecule has 1 aliphatic heterocycles. The molecule has 2 atom stereocenters. The van der Waals surface area contributed by atoms with Crippen molar-refractivity contribution < 1.29 is 9.53 Å². The molecular formula is C15H18N2O2. The van der Waals surface area contributed by atoms with Gasteiger partial charge in [0, 0.05) is 13.1 Å². The number of methoxy groups -OCH3 is 1. The number of carbonyl (C=O) groups is 1. The standard InChI is InChI=1S/C15H18N2O2/c1-19-15(18)14-7-8-17(11-13(14)9-16)10-12-5-3-2-4-6-12/h2-6,13-14H,7-8,10-11H2,1H3. The Morgan fingerprint density at radius 2 is 2.21 bits per heavy atom. The molecule has 1 fully saturated rings. The summed E-state index contributed by atoms with van der Waals surface area (Å²) in [5.74, 6) is -0.808. The monoisotopic (exact) mass is 258 g/mol. The summed E-state index contributed by atoms with van der Waals surface area (Å²) in [7, 11) is 1.38. The van der Waals surface area contributed by atoms with Crippen LogP contribution in [0.15, 0.2) is 30.3 Å². The lowest BCUT2D eigenvalue weighted by molar-refractivity contribution is -0.148. The maximum absolute atomic E-state index is 11.6. The van der Waals surface area contributed by atoms with Gasteiger partial charge in [0.25, 0.3) is 0 Å². The molecule has 0 N–H and O–H groups in total. The predicted molar refractivity (Wildman–Crippen MR) is 70.9 cm³/mol. The largest absolute Gasteiger partial charge is 0.469 e. The van der Waals surface area contributed by atoms with E-state index in [1.54, 1.807) is 0 Å². The van der Waals surface area contributed by atoms with Gasteiger partial charge in [-0.25, -0.2) is 0 Å². The van der Waals surface area contributed by atoms with Crippen molar-refractivity contribution in [3.63, 3.8) is 0 Å². The van der Waals surface area contributed by atoms with Crippen LogP contribution in [0.3, 0.4) is 0 Å². The average Bonchev–Trinajstić information content (AvgIpc) is 2.47. The SMILES string of the molecule is COC(=O)C1CCN(Cc2ccccc2)CC1C#N. The number of rotatable bonds is 3. The maximum Gasteiger partial charge on any atom is 0.310 e. The number of likely N-dealkylation sites (tertiary alicyclic amines) is 1. The zero-order valence-electron chi connectivity index (χ0n) is 11.1. The number of hydrogen-bond acceptors (Lipinski definition) is 4. The highest BCUT2D eigenvalue weighted by Crippen LogP contribution is 2.25. The fraction of sp³-hybridized carbons (Fsp3) is 0.467. The normalized spacial score (nSPS) is 23.6. The third-order valence-electron chi connectivity index (χ3n) is 3.62. The summed E-state index contributed by atoms with van der Waals surface area (Å²) in [5, 5.41) is 9.21. The first-order chi connectivity index (χ1) is 9.24. The van der Waals surface area contributed by atoms with E-state index < -0.39 is 0 Å². The van der Waals surface area contributed by atoms with Crippen LogP contribution in [0.5, 0.6) is 0 Å². The van der Waals surface area contributed by atoms with Crippen LogP contribution < -0.4 is 0 Å². The molecule has 4 heteroatoms. The quantitative estimate of drug-likeness (QED) is 0.776. The number of benzene rings is 1. The molecule has 4 nitrogen and oxygen atoms in total. The van der Waals surface area contributed by atoms with Gasteiger partial charge in [-0.3, -0.25) is 9.69 Å². The Morgan fingerprint density at radius 3 is 2.84 bits per heavy atom. The third kappa shape index (κ3) is 3.33. The first-order valence-electron chi connectivity index (χ1n) is 6.48. The summed E-state index contributed by atoms with van der Waals surface area (Å²) in [4.78, 5) is 13.8. The van der Waals surface area contributed by atoms with Crippen molar-refractivity contribution in [2.24, 2.45) is 11.8 Å². The minimum absolute atomic E-state index is 0.258. The molecule has 0 radical (unpaired) electrons. The molecule has 1 aliphatic rings. The van der Waals surface area contributed by atoms with Gasteiger partial charge in [-0.05, 0) is 18.5 Å². The number of hydrogen-bond donors (Lipinski definition) is 0. The molecule has 0 aliphatic carbocycles. The zero-order valence-corrected chi connectivity index (χ0v) is 11.1. The van der Waals surface area contributed by atoms with E-state index in [2.05, 4.69) is 23.1 Å². The smallest absolute Gasteiger partial charge is 0.310 e. The van der Waals surface area contributed by atoms with Gasteiger partial charge in [0.15, 0.2) is 0 Å². The van der Waals surface area contributed by atoms with Crippen LogP contribution >= 0.6 is 0 Å². The van der Waals surface area contributed by atoms with E-state index in [1.807, 2.05) is 18.2 Å². The van der Waals surface area contributed by atoms with Crippen LogP contribution in [0.4, 0.5) is 0 Å². The van der Waals surface area contributed by atoms with Crippen molar-refractivity contribution >= 4 is 5.97 Å². The van der Waals surface area contributed by atoms with Crippen LogP contribution in [0.25, 0.3) is 0 Å². The van der Waals surface area contributed by atoms with Crippen molar-refractivity contribution in [1.82, 2.24) is 4.90 Å². The van der Waals surface area contributed by atoms with Gasteiger partial charge in [0.1, 0.15) is 0 Å². The van der Waals surface area contributed by atoms with Gasteiger partial charge in [-0.2, -0.15) is 5.26 Å². The van der Waals surface area contributed by atoms with E-state index in [0.29, 0.717) is 13.0 Å². The number of esters is 1. The van der Waals surface area contributed by atoms with E-state index in [-0.39, 0.29) is 17.8 Å². The lowest BCUT2D eigenvalue weighted by Gasteiger charge is -2.33. The van der Waals surface area contributed by atoms with Crippen molar-refractivity contribution in [3.05, 3.63) is 35.9 Å². The number of nitrogens with zero attached hydrogens (tertiary/aromatic N) is 2. The van der Waals surface area contributed by atoms with Crippen molar-refractivity contribution in [2.75, 3.05) is 20.2 Å². The Kier molecular flexibility index (Phi) is 4.53. The Morgan fingerprint density at radius 1 is 1.47 bits per heavy atom. The summed E-state index contributed by atoms with van der Waals surface area (Å²) in [6.45, 7) is 2.28. The molecular weight excluding hydrogens is 240 g/mol. The highest BCUT2D eigenvalue weighted by Gasteiger charge is 2.34.